The van der Waals surface area contributed by atoms with Gasteiger partial charge in [0.25, 0.3) is 0 Å². The number of carbonyl (C=O) groups excluding carboxylic acids is 6. The number of aliphatic carboxylic acids is 2. The molecular formula is C40H44CaCl2N4O8S2. The van der Waals surface area contributed by atoms with Crippen LogP contribution in [0, 0.1) is 13.8 Å². The summed E-state index contributed by atoms with van der Waals surface area (Å²) in [5.41, 5.74) is 4.67. The van der Waals surface area contributed by atoms with Crippen molar-refractivity contribution in [3.8, 4) is 0 Å². The average molecular weight is 884 g/mol. The molecule has 300 valence electrons. The second kappa shape index (κ2) is 24.0. The molecule has 2 heterocycles. The van der Waals surface area contributed by atoms with Crippen molar-refractivity contribution in [2.24, 2.45) is 14.1 Å². The van der Waals surface area contributed by atoms with Gasteiger partial charge in [-0.3, -0.25) is 19.2 Å². The molecule has 0 aliphatic carbocycles. The number of thioether (sulfide) groups is 2. The van der Waals surface area contributed by atoms with Crippen molar-refractivity contribution in [1.29, 1.82) is 0 Å². The van der Waals surface area contributed by atoms with Gasteiger partial charge in [-0.2, -0.15) is 23.5 Å². The van der Waals surface area contributed by atoms with Crippen molar-refractivity contribution in [3.05, 3.63) is 116 Å². The maximum Gasteiger partial charge on any atom is 2.00 e. The standard InChI is InChI=1S/2C20H23ClN2O4S.Ca/c2*1-12-10-15(11-17(24)22-16(20(26)27)8-9-28-3)23(2)18(12)19(25)13-4-6-14(21)7-5-13;/h2*4-7,10,16H,8-9,11H2,1-3H3,(H,22,24)(H,26,27);/q;;+2/p-2/t2*16-;/m00./s1. The van der Waals surface area contributed by atoms with Gasteiger partial charge >= 0.3 is 37.7 Å². The Labute approximate surface area is 380 Å². The molecule has 0 radical (unpaired) electrons. The van der Waals surface area contributed by atoms with Crippen LogP contribution in [-0.4, -0.2) is 118 Å². The van der Waals surface area contributed by atoms with Crippen LogP contribution in [0.1, 0.15) is 67.5 Å². The zero-order valence-corrected chi connectivity index (χ0v) is 38.0. The summed E-state index contributed by atoms with van der Waals surface area (Å²) < 4.78 is 3.34. The molecule has 0 saturated carbocycles. The first-order valence-corrected chi connectivity index (χ1v) is 20.9. The Morgan fingerprint density at radius 3 is 1.23 bits per heavy atom. The Bertz CT molecular complexity index is 1910. The van der Waals surface area contributed by atoms with Crippen molar-refractivity contribution in [2.45, 2.75) is 51.6 Å². The van der Waals surface area contributed by atoms with Gasteiger partial charge < -0.3 is 39.6 Å². The van der Waals surface area contributed by atoms with Gasteiger partial charge in [0.1, 0.15) is 0 Å². The summed E-state index contributed by atoms with van der Waals surface area (Å²) in [4.78, 5) is 72.7. The van der Waals surface area contributed by atoms with Gasteiger partial charge in [-0.05, 0) is 122 Å². The van der Waals surface area contributed by atoms with Crippen LogP contribution in [0.25, 0.3) is 0 Å². The molecule has 17 heteroatoms. The summed E-state index contributed by atoms with van der Waals surface area (Å²) in [6.07, 6.45) is 4.24. The number of aromatic nitrogens is 2. The molecule has 2 amide bonds. The summed E-state index contributed by atoms with van der Waals surface area (Å²) in [5.74, 6) is -2.60. The third-order valence-corrected chi connectivity index (χ3v) is 10.6. The molecule has 4 aromatic rings. The van der Waals surface area contributed by atoms with E-state index in [4.69, 9.17) is 23.2 Å². The molecule has 4 rings (SSSR count). The quantitative estimate of drug-likeness (QED) is 0.111. The van der Waals surface area contributed by atoms with E-state index in [1.165, 1.54) is 23.5 Å². The molecule has 0 aliphatic heterocycles. The van der Waals surface area contributed by atoms with Crippen molar-refractivity contribution in [2.75, 3.05) is 24.0 Å². The van der Waals surface area contributed by atoms with Crippen LogP contribution in [0.5, 0.6) is 0 Å². The van der Waals surface area contributed by atoms with Gasteiger partial charge in [0.2, 0.25) is 23.4 Å². The summed E-state index contributed by atoms with van der Waals surface area (Å²) in [7, 11) is 3.42. The number of rotatable bonds is 18. The molecule has 2 atom stereocenters. The van der Waals surface area contributed by atoms with E-state index in [1.54, 1.807) is 97.7 Å². The molecule has 0 unspecified atom stereocenters. The topological polar surface area (TPSA) is 182 Å². The Morgan fingerprint density at radius 2 is 0.947 bits per heavy atom. The predicted octanol–water partition coefficient (Wildman–Crippen LogP) is 3.12. The van der Waals surface area contributed by atoms with Crippen molar-refractivity contribution < 1.29 is 39.0 Å². The fourth-order valence-electron chi connectivity index (χ4n) is 5.91. The van der Waals surface area contributed by atoms with Gasteiger partial charge in [0.05, 0.1) is 48.3 Å². The molecule has 0 spiro atoms. The fourth-order valence-corrected chi connectivity index (χ4v) is 7.11. The van der Waals surface area contributed by atoms with Gasteiger partial charge in [0.15, 0.2) is 0 Å². The fraction of sp³-hybridized carbons (Fsp3) is 0.350. The molecule has 0 aliphatic rings. The first-order valence-electron chi connectivity index (χ1n) is 17.4. The van der Waals surface area contributed by atoms with E-state index in [0.29, 0.717) is 68.3 Å². The van der Waals surface area contributed by atoms with Gasteiger partial charge in [-0.1, -0.05) is 23.2 Å². The van der Waals surface area contributed by atoms with E-state index < -0.39 is 35.8 Å². The maximum atomic E-state index is 12.8. The van der Waals surface area contributed by atoms with Gasteiger partial charge in [-0.15, -0.1) is 0 Å². The van der Waals surface area contributed by atoms with Crippen LogP contribution in [0.2, 0.25) is 10.0 Å². The Balaban J connectivity index is 0.000000387. The number of carboxylic acid groups (broad SMARTS) is 2. The monoisotopic (exact) mass is 882 g/mol. The SMILES string of the molecule is CSCC[C@H](NC(=O)Cc1cc(C)c(C(=O)c2ccc(Cl)cc2)n1C)C(=O)[O-].CSCC[C@H](NC(=O)Cc1cc(C)c(C(=O)c2ccc(Cl)cc2)n1C)C(=O)[O-].[Ca+2]. The molecule has 0 fully saturated rings. The summed E-state index contributed by atoms with van der Waals surface area (Å²) >= 11 is 14.7. The minimum Gasteiger partial charge on any atom is -0.548 e. The Morgan fingerprint density at radius 1 is 0.632 bits per heavy atom. The molecular weight excluding hydrogens is 840 g/mol. The van der Waals surface area contributed by atoms with Crippen molar-refractivity contribution in [3.63, 3.8) is 0 Å². The predicted molar refractivity (Wildman–Crippen MR) is 223 cm³/mol. The van der Waals surface area contributed by atoms with E-state index in [1.807, 2.05) is 12.5 Å². The molecule has 2 aromatic carbocycles. The van der Waals surface area contributed by atoms with Gasteiger partial charge in [-0.25, -0.2) is 0 Å². The number of benzene rings is 2. The number of ketones is 2. The third-order valence-electron chi connectivity index (χ3n) is 8.83. The van der Waals surface area contributed by atoms with E-state index in [0.717, 1.165) is 11.1 Å². The number of amides is 2. The number of hydrogen-bond acceptors (Lipinski definition) is 10. The first kappa shape index (κ1) is 49.9. The number of carbonyl (C=O) groups is 6. The first-order chi connectivity index (χ1) is 26.5. The van der Waals surface area contributed by atoms with Crippen LogP contribution < -0.4 is 20.8 Å². The minimum absolute atomic E-state index is 0. The molecule has 57 heavy (non-hydrogen) atoms. The van der Waals surface area contributed by atoms with Crippen LogP contribution in [-0.2, 0) is 46.1 Å². The second-order valence-corrected chi connectivity index (χ2v) is 15.8. The minimum atomic E-state index is -1.30. The Kier molecular flexibility index (Phi) is 21.0. The maximum absolute atomic E-state index is 12.8. The zero-order valence-electron chi connectivity index (χ0n) is 32.6. The summed E-state index contributed by atoms with van der Waals surface area (Å²) in [6.45, 7) is 3.60. The molecule has 0 bridgehead atoms. The summed E-state index contributed by atoms with van der Waals surface area (Å²) in [6, 6.07) is 14.7. The zero-order chi connectivity index (χ0) is 41.7. The Hall–Kier alpha value is -3.24. The van der Waals surface area contributed by atoms with E-state index in [9.17, 15) is 39.0 Å². The normalized spacial score (nSPS) is 11.6. The van der Waals surface area contributed by atoms with Crippen molar-refractivity contribution in [1.82, 2.24) is 19.8 Å². The number of nitrogens with zero attached hydrogens (tertiary/aromatic N) is 2. The van der Waals surface area contributed by atoms with E-state index in [-0.39, 0.29) is 62.1 Å². The van der Waals surface area contributed by atoms with E-state index >= 15 is 0 Å². The number of carboxylic acids is 2. The third kappa shape index (κ3) is 14.5. The number of nitrogens with one attached hydrogen (secondary N) is 2. The summed E-state index contributed by atoms with van der Waals surface area (Å²) in [5, 5.41) is 28.5. The molecule has 12 nitrogen and oxygen atoms in total. The molecule has 0 saturated heterocycles. The smallest absolute Gasteiger partial charge is 0.548 e. The van der Waals surface area contributed by atoms with Gasteiger partial charge in [0, 0.05) is 46.7 Å². The van der Waals surface area contributed by atoms with E-state index in [2.05, 4.69) is 10.6 Å². The second-order valence-electron chi connectivity index (χ2n) is 12.9. The number of halogens is 2. The van der Waals surface area contributed by atoms with Crippen LogP contribution in [0.3, 0.4) is 0 Å². The van der Waals surface area contributed by atoms with Crippen LogP contribution in [0.4, 0.5) is 0 Å². The number of hydrogen-bond donors (Lipinski definition) is 2. The molecule has 2 aromatic heterocycles. The average Bonchev–Trinajstić information content (AvgIpc) is 3.58. The molecule has 2 N–H and O–H groups in total. The van der Waals surface area contributed by atoms with Crippen molar-refractivity contribution >= 4 is 120 Å². The van der Waals surface area contributed by atoms with Crippen LogP contribution in [0.15, 0.2) is 60.7 Å². The van der Waals surface area contributed by atoms with Crippen LogP contribution >= 0.6 is 46.7 Å². The number of aryl methyl sites for hydroxylation is 2. The largest absolute Gasteiger partial charge is 2.00 e.